The van der Waals surface area contributed by atoms with Crippen molar-refractivity contribution in [3.8, 4) is 0 Å². The minimum absolute atomic E-state index is 0.161. The largest absolute Gasteiger partial charge is 0.392 e. The van der Waals surface area contributed by atoms with Crippen molar-refractivity contribution >= 4 is 0 Å². The number of piperidine rings is 1. The number of fused-ring (bicyclic) bond motifs is 2. The van der Waals surface area contributed by atoms with Crippen LogP contribution >= 0.6 is 0 Å². The molecule has 2 heterocycles. The number of hydrogen-bond donors (Lipinski definition) is 2. The molecule has 0 spiro atoms. The van der Waals surface area contributed by atoms with E-state index in [9.17, 15) is 5.11 Å². The molecule has 2 N–H and O–H groups in total. The first-order chi connectivity index (χ1) is 7.34. The summed E-state index contributed by atoms with van der Waals surface area (Å²) >= 11 is 0. The lowest BCUT2D eigenvalue weighted by molar-refractivity contribution is 0.0893. The van der Waals surface area contributed by atoms with Gasteiger partial charge in [-0.3, -0.25) is 0 Å². The van der Waals surface area contributed by atoms with Crippen LogP contribution in [0.25, 0.3) is 0 Å². The molecule has 3 rings (SSSR count). The molecule has 2 aliphatic heterocycles. The van der Waals surface area contributed by atoms with Gasteiger partial charge in [0, 0.05) is 18.0 Å². The molecule has 2 nitrogen and oxygen atoms in total. The van der Waals surface area contributed by atoms with Crippen LogP contribution in [-0.4, -0.2) is 23.3 Å². The minimum Gasteiger partial charge on any atom is -0.392 e. The van der Waals surface area contributed by atoms with Crippen molar-refractivity contribution in [1.29, 1.82) is 0 Å². The van der Waals surface area contributed by atoms with Crippen molar-refractivity contribution in [3.63, 3.8) is 0 Å². The molecule has 0 aliphatic carbocycles. The van der Waals surface area contributed by atoms with Gasteiger partial charge in [0.2, 0.25) is 0 Å². The number of hydrogen-bond acceptors (Lipinski definition) is 2. The van der Waals surface area contributed by atoms with Crippen LogP contribution in [0, 0.1) is 0 Å². The minimum atomic E-state index is -0.161. The highest BCUT2D eigenvalue weighted by Crippen LogP contribution is 2.37. The molecule has 0 radical (unpaired) electrons. The van der Waals surface area contributed by atoms with Gasteiger partial charge >= 0.3 is 0 Å². The molecule has 1 aromatic rings. The first-order valence-corrected chi connectivity index (χ1v) is 5.83. The summed E-state index contributed by atoms with van der Waals surface area (Å²) in [6.45, 7) is 0. The third-order valence-electron chi connectivity index (χ3n) is 3.83. The average molecular weight is 203 g/mol. The SMILES string of the molecule is OC1CC2CCC(N2)C1c1ccccc1. The predicted molar refractivity (Wildman–Crippen MR) is 59.8 cm³/mol. The van der Waals surface area contributed by atoms with E-state index >= 15 is 0 Å². The topological polar surface area (TPSA) is 32.3 Å². The second kappa shape index (κ2) is 3.62. The Balaban J connectivity index is 1.91. The van der Waals surface area contributed by atoms with Crippen molar-refractivity contribution in [2.45, 2.75) is 43.4 Å². The molecule has 4 atom stereocenters. The third kappa shape index (κ3) is 1.58. The highest BCUT2D eigenvalue weighted by molar-refractivity contribution is 5.25. The average Bonchev–Trinajstić information content (AvgIpc) is 2.62. The summed E-state index contributed by atoms with van der Waals surface area (Å²) in [6, 6.07) is 11.5. The van der Waals surface area contributed by atoms with Gasteiger partial charge in [0.1, 0.15) is 0 Å². The van der Waals surface area contributed by atoms with Crippen LogP contribution in [0.2, 0.25) is 0 Å². The Bertz CT molecular complexity index is 338. The summed E-state index contributed by atoms with van der Waals surface area (Å²) < 4.78 is 0. The quantitative estimate of drug-likeness (QED) is 0.727. The summed E-state index contributed by atoms with van der Waals surface area (Å²) in [6.07, 6.45) is 3.19. The van der Waals surface area contributed by atoms with E-state index in [1.807, 2.05) is 6.07 Å². The number of rotatable bonds is 1. The van der Waals surface area contributed by atoms with Crippen LogP contribution in [0.4, 0.5) is 0 Å². The third-order valence-corrected chi connectivity index (χ3v) is 3.83. The van der Waals surface area contributed by atoms with Crippen LogP contribution in [0.3, 0.4) is 0 Å². The van der Waals surface area contributed by atoms with Crippen LogP contribution < -0.4 is 5.32 Å². The maximum absolute atomic E-state index is 10.2. The van der Waals surface area contributed by atoms with E-state index in [-0.39, 0.29) is 6.10 Å². The molecule has 2 saturated heterocycles. The van der Waals surface area contributed by atoms with Gasteiger partial charge in [0.25, 0.3) is 0 Å². The van der Waals surface area contributed by atoms with E-state index in [1.54, 1.807) is 0 Å². The maximum atomic E-state index is 10.2. The van der Waals surface area contributed by atoms with E-state index < -0.39 is 0 Å². The van der Waals surface area contributed by atoms with Crippen molar-refractivity contribution < 1.29 is 5.11 Å². The van der Waals surface area contributed by atoms with Gasteiger partial charge in [-0.05, 0) is 24.8 Å². The number of aliphatic hydroxyl groups excluding tert-OH is 1. The number of nitrogens with one attached hydrogen (secondary N) is 1. The molecule has 0 amide bonds. The number of benzene rings is 1. The number of aliphatic hydroxyl groups is 1. The van der Waals surface area contributed by atoms with E-state index in [0.29, 0.717) is 18.0 Å². The highest BCUT2D eigenvalue weighted by atomic mass is 16.3. The van der Waals surface area contributed by atoms with Gasteiger partial charge in [0.05, 0.1) is 6.10 Å². The zero-order valence-corrected chi connectivity index (χ0v) is 8.76. The summed E-state index contributed by atoms with van der Waals surface area (Å²) in [5.74, 6) is 0.296. The summed E-state index contributed by atoms with van der Waals surface area (Å²) in [5.41, 5.74) is 1.28. The molecule has 1 aromatic carbocycles. The van der Waals surface area contributed by atoms with Crippen LogP contribution in [0.1, 0.15) is 30.7 Å². The Morgan fingerprint density at radius 2 is 1.93 bits per heavy atom. The van der Waals surface area contributed by atoms with Gasteiger partial charge in [-0.25, -0.2) is 0 Å². The zero-order valence-electron chi connectivity index (χ0n) is 8.76. The molecule has 0 saturated carbocycles. The fraction of sp³-hybridized carbons (Fsp3) is 0.538. The molecule has 4 unspecified atom stereocenters. The lowest BCUT2D eigenvalue weighted by Gasteiger charge is -2.35. The lowest BCUT2D eigenvalue weighted by Crippen LogP contribution is -2.46. The standard InChI is InChI=1S/C13H17NO/c15-12-8-10-6-7-11(14-10)13(12)9-4-2-1-3-5-9/h1-5,10-15H,6-8H2. The van der Waals surface area contributed by atoms with Crippen molar-refractivity contribution in [2.24, 2.45) is 0 Å². The fourth-order valence-electron chi connectivity index (χ4n) is 3.16. The second-order valence-corrected chi connectivity index (χ2v) is 4.79. The Morgan fingerprint density at radius 3 is 2.73 bits per heavy atom. The molecule has 2 fully saturated rings. The Hall–Kier alpha value is -0.860. The van der Waals surface area contributed by atoms with E-state index in [1.165, 1.54) is 18.4 Å². The predicted octanol–water partition coefficient (Wildman–Crippen LogP) is 1.66. The smallest absolute Gasteiger partial charge is 0.0638 e. The summed E-state index contributed by atoms with van der Waals surface area (Å²) in [5, 5.41) is 13.8. The first-order valence-electron chi connectivity index (χ1n) is 5.83. The maximum Gasteiger partial charge on any atom is 0.0638 e. The first kappa shape index (κ1) is 9.37. The molecule has 15 heavy (non-hydrogen) atoms. The van der Waals surface area contributed by atoms with Gasteiger partial charge in [-0.15, -0.1) is 0 Å². The van der Waals surface area contributed by atoms with Crippen molar-refractivity contribution in [3.05, 3.63) is 35.9 Å². The normalized spacial score (nSPS) is 39.3. The zero-order chi connectivity index (χ0) is 10.3. The lowest BCUT2D eigenvalue weighted by atomic mass is 9.83. The molecule has 2 bridgehead atoms. The molecule has 2 heteroatoms. The van der Waals surface area contributed by atoms with Crippen LogP contribution in [0.15, 0.2) is 30.3 Å². The fourth-order valence-corrected chi connectivity index (χ4v) is 3.16. The summed E-state index contributed by atoms with van der Waals surface area (Å²) in [4.78, 5) is 0. The van der Waals surface area contributed by atoms with Crippen LogP contribution in [0.5, 0.6) is 0 Å². The monoisotopic (exact) mass is 203 g/mol. The van der Waals surface area contributed by atoms with Gasteiger partial charge in [-0.2, -0.15) is 0 Å². The van der Waals surface area contributed by atoms with E-state index in [2.05, 4.69) is 29.6 Å². The molecule has 0 aromatic heterocycles. The van der Waals surface area contributed by atoms with Crippen molar-refractivity contribution in [1.82, 2.24) is 5.32 Å². The second-order valence-electron chi connectivity index (χ2n) is 4.79. The van der Waals surface area contributed by atoms with Gasteiger partial charge in [0.15, 0.2) is 0 Å². The Labute approximate surface area is 90.3 Å². The summed E-state index contributed by atoms with van der Waals surface area (Å²) in [7, 11) is 0. The molecule has 2 aliphatic rings. The van der Waals surface area contributed by atoms with Crippen molar-refractivity contribution in [2.75, 3.05) is 0 Å². The Morgan fingerprint density at radius 1 is 1.13 bits per heavy atom. The molecular weight excluding hydrogens is 186 g/mol. The van der Waals surface area contributed by atoms with E-state index in [4.69, 9.17) is 0 Å². The molecule has 80 valence electrons. The van der Waals surface area contributed by atoms with Crippen LogP contribution in [-0.2, 0) is 0 Å². The molecular formula is C13H17NO. The Kier molecular flexibility index (Phi) is 2.26. The van der Waals surface area contributed by atoms with E-state index in [0.717, 1.165) is 6.42 Å². The van der Waals surface area contributed by atoms with Gasteiger partial charge < -0.3 is 10.4 Å². The van der Waals surface area contributed by atoms with Gasteiger partial charge in [-0.1, -0.05) is 30.3 Å². The highest BCUT2D eigenvalue weighted by Gasteiger charge is 2.41.